The largest absolute Gasteiger partial charge is 0.462 e. The predicted octanol–water partition coefficient (Wildman–Crippen LogP) is 5.94. The molecule has 0 aliphatic heterocycles. The van der Waals surface area contributed by atoms with Gasteiger partial charge in [-0.3, -0.25) is 0 Å². The summed E-state index contributed by atoms with van der Waals surface area (Å²) < 4.78 is 6.76. The van der Waals surface area contributed by atoms with Crippen LogP contribution in [0.4, 0.5) is 5.00 Å². The number of hydrogen-bond acceptors (Lipinski definition) is 10. The molecule has 3 rings (SSSR count). The second-order valence-corrected chi connectivity index (χ2v) is 11.3. The number of nitrogens with zero attached hydrogens (tertiary/aromatic N) is 3. The Morgan fingerprint density at radius 2 is 1.81 bits per heavy atom. The van der Waals surface area contributed by atoms with Crippen molar-refractivity contribution in [2.24, 2.45) is 0 Å². The van der Waals surface area contributed by atoms with Gasteiger partial charge in [0.2, 0.25) is 0 Å². The maximum absolute atomic E-state index is 12.2. The van der Waals surface area contributed by atoms with Crippen LogP contribution in [0.3, 0.4) is 0 Å². The molecule has 0 bridgehead atoms. The number of esters is 1. The SMILES string of the molecule is CCOC(=O)c1sc(N)c(C#N)c1CSc1nnc(SCc2ccc(C(C)C)cc2)s1. The van der Waals surface area contributed by atoms with Crippen LogP contribution >= 0.6 is 46.2 Å². The quantitative estimate of drug-likeness (QED) is 0.290. The van der Waals surface area contributed by atoms with Crippen molar-refractivity contribution in [1.82, 2.24) is 10.2 Å². The van der Waals surface area contributed by atoms with Crippen LogP contribution < -0.4 is 5.73 Å². The highest BCUT2D eigenvalue weighted by Crippen LogP contribution is 2.37. The Balaban J connectivity index is 1.63. The van der Waals surface area contributed by atoms with Gasteiger partial charge in [-0.2, -0.15) is 5.26 Å². The molecule has 2 N–H and O–H groups in total. The van der Waals surface area contributed by atoms with Crippen molar-refractivity contribution in [3.05, 3.63) is 51.4 Å². The van der Waals surface area contributed by atoms with Crippen molar-refractivity contribution in [2.45, 2.75) is 46.9 Å². The van der Waals surface area contributed by atoms with Gasteiger partial charge < -0.3 is 10.5 Å². The molecule has 0 amide bonds. The van der Waals surface area contributed by atoms with Crippen molar-refractivity contribution in [3.8, 4) is 6.07 Å². The van der Waals surface area contributed by atoms with Gasteiger partial charge in [-0.05, 0) is 24.0 Å². The van der Waals surface area contributed by atoms with Crippen LogP contribution in [0.5, 0.6) is 0 Å². The number of anilines is 1. The van der Waals surface area contributed by atoms with E-state index in [1.807, 2.05) is 0 Å². The van der Waals surface area contributed by atoms with Gasteiger partial charge in [-0.25, -0.2) is 4.79 Å². The molecular weight excluding hydrogens is 469 g/mol. The van der Waals surface area contributed by atoms with Gasteiger partial charge in [0.25, 0.3) is 0 Å². The molecule has 0 aliphatic rings. The maximum atomic E-state index is 12.2. The number of thiophene rings is 1. The fraction of sp³-hybridized carbons (Fsp3) is 0.333. The van der Waals surface area contributed by atoms with E-state index in [1.54, 1.807) is 18.7 Å². The predicted molar refractivity (Wildman–Crippen MR) is 129 cm³/mol. The number of ether oxygens (including phenoxy) is 1. The van der Waals surface area contributed by atoms with E-state index in [0.29, 0.717) is 32.7 Å². The number of carbonyl (C=O) groups is 1. The van der Waals surface area contributed by atoms with E-state index in [-0.39, 0.29) is 6.61 Å². The average molecular weight is 491 g/mol. The molecule has 3 aromatic rings. The Morgan fingerprint density at radius 1 is 1.16 bits per heavy atom. The van der Waals surface area contributed by atoms with Crippen molar-refractivity contribution < 1.29 is 9.53 Å². The lowest BCUT2D eigenvalue weighted by Gasteiger charge is -2.06. The summed E-state index contributed by atoms with van der Waals surface area (Å²) in [5, 5.41) is 18.3. The third-order valence-electron chi connectivity index (χ3n) is 4.34. The lowest BCUT2D eigenvalue weighted by Crippen LogP contribution is -2.05. The smallest absolute Gasteiger partial charge is 0.348 e. The molecule has 0 atom stereocenters. The number of nitrogen functional groups attached to an aromatic ring is 1. The normalized spacial score (nSPS) is 10.9. The van der Waals surface area contributed by atoms with Crippen molar-refractivity contribution in [1.29, 1.82) is 5.26 Å². The standard InChI is InChI=1S/C21H22N4O2S4/c1-4-27-19(26)17-16(15(9-22)18(23)30-17)11-29-21-25-24-20(31-21)28-10-13-5-7-14(8-6-13)12(2)3/h5-8,12H,4,10-11,23H2,1-3H3. The van der Waals surface area contributed by atoms with Crippen molar-refractivity contribution in [3.63, 3.8) is 0 Å². The molecule has 0 aliphatic carbocycles. The van der Waals surface area contributed by atoms with Gasteiger partial charge in [0, 0.05) is 17.1 Å². The molecule has 0 spiro atoms. The molecule has 31 heavy (non-hydrogen) atoms. The lowest BCUT2D eigenvalue weighted by molar-refractivity contribution is 0.0531. The van der Waals surface area contributed by atoms with Crippen molar-refractivity contribution >= 4 is 57.2 Å². The van der Waals surface area contributed by atoms with Gasteiger partial charge in [-0.1, -0.05) is 73.0 Å². The summed E-state index contributed by atoms with van der Waals surface area (Å²) in [7, 11) is 0. The van der Waals surface area contributed by atoms with E-state index < -0.39 is 5.97 Å². The summed E-state index contributed by atoms with van der Waals surface area (Å²) in [4.78, 5) is 12.6. The van der Waals surface area contributed by atoms with Crippen LogP contribution in [0.15, 0.2) is 32.9 Å². The summed E-state index contributed by atoms with van der Waals surface area (Å²) in [5.74, 6) is 1.30. The number of rotatable bonds is 9. The average Bonchev–Trinajstić information content (AvgIpc) is 3.34. The van der Waals surface area contributed by atoms with Crippen LogP contribution in [-0.4, -0.2) is 22.8 Å². The van der Waals surface area contributed by atoms with Crippen LogP contribution in [0, 0.1) is 11.3 Å². The van der Waals surface area contributed by atoms with Crippen LogP contribution in [-0.2, 0) is 16.2 Å². The Morgan fingerprint density at radius 3 is 2.39 bits per heavy atom. The summed E-state index contributed by atoms with van der Waals surface area (Å²) in [6.07, 6.45) is 0. The molecule has 162 valence electrons. The molecule has 0 saturated heterocycles. The van der Waals surface area contributed by atoms with Crippen molar-refractivity contribution in [2.75, 3.05) is 12.3 Å². The minimum Gasteiger partial charge on any atom is -0.462 e. The van der Waals surface area contributed by atoms with Gasteiger partial charge in [0.1, 0.15) is 15.9 Å². The first kappa shape index (κ1) is 23.6. The Bertz CT molecular complexity index is 1080. The Hall–Kier alpha value is -2.06. The van der Waals surface area contributed by atoms with Crippen LogP contribution in [0.2, 0.25) is 0 Å². The van der Waals surface area contributed by atoms with Crippen LogP contribution in [0.25, 0.3) is 0 Å². The highest BCUT2D eigenvalue weighted by Gasteiger charge is 2.23. The molecule has 0 saturated carbocycles. The number of nitriles is 1. The van der Waals surface area contributed by atoms with E-state index in [2.05, 4.69) is 54.4 Å². The second-order valence-electron chi connectivity index (χ2n) is 6.79. The highest BCUT2D eigenvalue weighted by molar-refractivity contribution is 8.02. The highest BCUT2D eigenvalue weighted by atomic mass is 32.2. The van der Waals surface area contributed by atoms with Crippen LogP contribution in [0.1, 0.15) is 58.6 Å². The number of hydrogen-bond donors (Lipinski definition) is 1. The number of carbonyl (C=O) groups excluding carboxylic acids is 1. The zero-order valence-electron chi connectivity index (χ0n) is 17.4. The minimum atomic E-state index is -0.451. The molecule has 0 fully saturated rings. The topological polar surface area (TPSA) is 102 Å². The first-order valence-electron chi connectivity index (χ1n) is 9.59. The summed E-state index contributed by atoms with van der Waals surface area (Å²) >= 11 is 5.68. The number of nitrogens with two attached hydrogens (primary N) is 1. The number of thioether (sulfide) groups is 2. The van der Waals surface area contributed by atoms with E-state index in [1.165, 1.54) is 34.2 Å². The van der Waals surface area contributed by atoms with E-state index in [9.17, 15) is 10.1 Å². The van der Waals surface area contributed by atoms with Gasteiger partial charge in [-0.15, -0.1) is 21.5 Å². The number of benzene rings is 1. The molecule has 6 nitrogen and oxygen atoms in total. The molecule has 2 heterocycles. The molecule has 0 radical (unpaired) electrons. The molecule has 0 unspecified atom stereocenters. The van der Waals surface area contributed by atoms with Gasteiger partial charge >= 0.3 is 5.97 Å². The third-order valence-corrected chi connectivity index (χ3v) is 8.67. The van der Waals surface area contributed by atoms with Gasteiger partial charge in [0.05, 0.1) is 12.2 Å². The number of aromatic nitrogens is 2. The molecule has 10 heteroatoms. The summed E-state index contributed by atoms with van der Waals surface area (Å²) in [6, 6.07) is 10.7. The molecule has 1 aromatic carbocycles. The first-order chi connectivity index (χ1) is 14.9. The van der Waals surface area contributed by atoms with Gasteiger partial charge in [0.15, 0.2) is 8.68 Å². The Labute approximate surface area is 198 Å². The van der Waals surface area contributed by atoms with E-state index in [0.717, 1.165) is 25.8 Å². The van der Waals surface area contributed by atoms with E-state index in [4.69, 9.17) is 10.5 Å². The minimum absolute atomic E-state index is 0.266. The lowest BCUT2D eigenvalue weighted by atomic mass is 10.0. The third kappa shape index (κ3) is 6.01. The fourth-order valence-electron chi connectivity index (χ4n) is 2.70. The Kier molecular flexibility index (Phi) is 8.37. The monoisotopic (exact) mass is 490 g/mol. The summed E-state index contributed by atoms with van der Waals surface area (Å²) in [6.45, 7) is 6.38. The second kappa shape index (κ2) is 11.0. The zero-order chi connectivity index (χ0) is 22.4. The molecular formula is C21H22N4O2S4. The van der Waals surface area contributed by atoms with E-state index >= 15 is 0 Å². The summed E-state index contributed by atoms with van der Waals surface area (Å²) in [5.41, 5.74) is 9.44. The molecule has 2 aromatic heterocycles. The first-order valence-corrected chi connectivity index (χ1v) is 13.2. The fourth-order valence-corrected chi connectivity index (χ4v) is 6.73. The maximum Gasteiger partial charge on any atom is 0.348 e. The zero-order valence-corrected chi connectivity index (χ0v) is 20.6.